The molecule has 0 spiro atoms. The Morgan fingerprint density at radius 3 is 2.47 bits per heavy atom. The summed E-state index contributed by atoms with van der Waals surface area (Å²) in [6.07, 6.45) is 2.81. The Hall–Kier alpha value is -1.61. The molecule has 1 unspecified atom stereocenters. The van der Waals surface area contributed by atoms with Crippen molar-refractivity contribution in [2.24, 2.45) is 0 Å². The molecule has 1 atom stereocenters. The summed E-state index contributed by atoms with van der Waals surface area (Å²) in [5.74, 6) is 0.419. The molecule has 0 saturated heterocycles. The standard InChI is InChI=1S/C11H12NO4P/c1-9-6-7-17(15,8-9)16-11-4-2-10(3-5-11)12(13)14/h2-6H,7-8H2,1H3. The Labute approximate surface area is 98.7 Å². The van der Waals surface area contributed by atoms with Gasteiger partial charge in [0.25, 0.3) is 13.1 Å². The van der Waals surface area contributed by atoms with E-state index < -0.39 is 12.3 Å². The molecule has 0 saturated carbocycles. The topological polar surface area (TPSA) is 69.4 Å². The second-order valence-corrected chi connectivity index (χ2v) is 6.54. The SMILES string of the molecule is CC1=CCP(=O)(Oc2ccc([N+](=O)[O-])cc2)C1. The summed E-state index contributed by atoms with van der Waals surface area (Å²) in [6.45, 7) is 1.92. The van der Waals surface area contributed by atoms with Crippen molar-refractivity contribution in [2.45, 2.75) is 6.92 Å². The lowest BCUT2D eigenvalue weighted by Gasteiger charge is -2.13. The highest BCUT2D eigenvalue weighted by molar-refractivity contribution is 7.60. The van der Waals surface area contributed by atoms with Crippen molar-refractivity contribution in [2.75, 3.05) is 12.3 Å². The number of nitro benzene ring substituents is 1. The van der Waals surface area contributed by atoms with Gasteiger partial charge in [0.05, 0.1) is 17.2 Å². The number of allylic oxidation sites excluding steroid dienone is 2. The van der Waals surface area contributed by atoms with Gasteiger partial charge in [0, 0.05) is 12.1 Å². The van der Waals surface area contributed by atoms with Crippen LogP contribution in [0.3, 0.4) is 0 Å². The highest BCUT2D eigenvalue weighted by Gasteiger charge is 2.28. The predicted molar refractivity (Wildman–Crippen MR) is 64.8 cm³/mol. The maximum atomic E-state index is 12.2. The third-order valence-electron chi connectivity index (χ3n) is 2.53. The third-order valence-corrected chi connectivity index (χ3v) is 4.79. The monoisotopic (exact) mass is 253 g/mol. The van der Waals surface area contributed by atoms with Crippen molar-refractivity contribution >= 4 is 13.1 Å². The molecule has 1 aliphatic heterocycles. The van der Waals surface area contributed by atoms with Gasteiger partial charge in [-0.05, 0) is 19.1 Å². The van der Waals surface area contributed by atoms with E-state index in [4.69, 9.17) is 4.52 Å². The van der Waals surface area contributed by atoms with Gasteiger partial charge in [-0.1, -0.05) is 11.6 Å². The smallest absolute Gasteiger partial charge is 0.269 e. The van der Waals surface area contributed by atoms with Crippen LogP contribution in [0.1, 0.15) is 6.92 Å². The first-order chi connectivity index (χ1) is 7.98. The van der Waals surface area contributed by atoms with Gasteiger partial charge in [0.15, 0.2) is 0 Å². The Morgan fingerprint density at radius 2 is 2.00 bits per heavy atom. The summed E-state index contributed by atoms with van der Waals surface area (Å²) < 4.78 is 17.7. The van der Waals surface area contributed by atoms with Crippen LogP contribution >= 0.6 is 7.37 Å². The minimum Gasteiger partial charge on any atom is -0.442 e. The van der Waals surface area contributed by atoms with Crippen LogP contribution in [0.15, 0.2) is 35.9 Å². The van der Waals surface area contributed by atoms with E-state index in [0.717, 1.165) is 5.57 Å². The highest BCUT2D eigenvalue weighted by Crippen LogP contribution is 2.52. The highest BCUT2D eigenvalue weighted by atomic mass is 31.2. The lowest BCUT2D eigenvalue weighted by molar-refractivity contribution is -0.384. The fraction of sp³-hybridized carbons (Fsp3) is 0.273. The molecule has 0 bridgehead atoms. The molecule has 0 aromatic heterocycles. The average molecular weight is 253 g/mol. The minimum atomic E-state index is -2.65. The van der Waals surface area contributed by atoms with E-state index in [9.17, 15) is 14.7 Å². The number of hydrogen-bond acceptors (Lipinski definition) is 4. The number of rotatable bonds is 3. The van der Waals surface area contributed by atoms with Crippen LogP contribution in [0.4, 0.5) is 5.69 Å². The number of nitrogens with zero attached hydrogens (tertiary/aromatic N) is 1. The lowest BCUT2D eigenvalue weighted by atomic mass is 10.3. The number of nitro groups is 1. The van der Waals surface area contributed by atoms with Crippen LogP contribution in [-0.4, -0.2) is 17.2 Å². The number of non-ortho nitro benzene ring substituents is 1. The van der Waals surface area contributed by atoms with Gasteiger partial charge in [0.2, 0.25) is 0 Å². The normalized spacial score (nSPS) is 23.2. The zero-order valence-electron chi connectivity index (χ0n) is 9.33. The van der Waals surface area contributed by atoms with Crippen LogP contribution in [0, 0.1) is 10.1 Å². The molecule has 5 nitrogen and oxygen atoms in total. The van der Waals surface area contributed by atoms with Gasteiger partial charge in [-0.3, -0.25) is 14.7 Å². The van der Waals surface area contributed by atoms with Gasteiger partial charge >= 0.3 is 0 Å². The van der Waals surface area contributed by atoms with E-state index in [0.29, 0.717) is 18.1 Å². The lowest BCUT2D eigenvalue weighted by Crippen LogP contribution is -1.96. The summed E-state index contributed by atoms with van der Waals surface area (Å²) >= 11 is 0. The molecular formula is C11H12NO4P. The Morgan fingerprint density at radius 1 is 1.35 bits per heavy atom. The quantitative estimate of drug-likeness (QED) is 0.359. The summed E-state index contributed by atoms with van der Waals surface area (Å²) in [5.41, 5.74) is 1.06. The molecule has 2 rings (SSSR count). The molecule has 17 heavy (non-hydrogen) atoms. The summed E-state index contributed by atoms with van der Waals surface area (Å²) in [6, 6.07) is 5.65. The Balaban J connectivity index is 2.10. The van der Waals surface area contributed by atoms with Crippen molar-refractivity contribution in [1.29, 1.82) is 0 Å². The third kappa shape index (κ3) is 2.74. The molecule has 1 heterocycles. The molecule has 6 heteroatoms. The molecule has 0 fully saturated rings. The first kappa shape index (κ1) is 11.9. The molecule has 0 N–H and O–H groups in total. The van der Waals surface area contributed by atoms with E-state index in [2.05, 4.69) is 0 Å². The first-order valence-electron chi connectivity index (χ1n) is 5.16. The second kappa shape index (κ2) is 4.34. The van der Waals surface area contributed by atoms with E-state index >= 15 is 0 Å². The first-order valence-corrected chi connectivity index (χ1v) is 7.16. The summed E-state index contributed by atoms with van der Waals surface area (Å²) in [5, 5.41) is 10.5. The van der Waals surface area contributed by atoms with Gasteiger partial charge in [-0.15, -0.1) is 0 Å². The molecule has 0 radical (unpaired) electrons. The van der Waals surface area contributed by atoms with E-state index in [1.54, 1.807) is 0 Å². The maximum absolute atomic E-state index is 12.2. The molecule has 1 aliphatic rings. The van der Waals surface area contributed by atoms with Crippen LogP contribution < -0.4 is 4.52 Å². The van der Waals surface area contributed by atoms with Crippen LogP contribution in [0.2, 0.25) is 0 Å². The molecule has 1 aromatic carbocycles. The van der Waals surface area contributed by atoms with Crippen molar-refractivity contribution < 1.29 is 14.0 Å². The van der Waals surface area contributed by atoms with Gasteiger partial charge in [-0.25, -0.2) is 0 Å². The molecule has 1 aromatic rings. The van der Waals surface area contributed by atoms with E-state index in [1.807, 2.05) is 13.0 Å². The number of hydrogen-bond donors (Lipinski definition) is 0. The van der Waals surface area contributed by atoms with Crippen molar-refractivity contribution in [1.82, 2.24) is 0 Å². The van der Waals surface area contributed by atoms with Crippen molar-refractivity contribution in [3.63, 3.8) is 0 Å². The fourth-order valence-corrected chi connectivity index (χ4v) is 3.95. The van der Waals surface area contributed by atoms with Gasteiger partial charge in [0.1, 0.15) is 5.75 Å². The van der Waals surface area contributed by atoms with Crippen LogP contribution in [0.5, 0.6) is 5.75 Å². The predicted octanol–water partition coefficient (Wildman–Crippen LogP) is 3.21. The zero-order valence-corrected chi connectivity index (χ0v) is 10.2. The van der Waals surface area contributed by atoms with Gasteiger partial charge < -0.3 is 4.52 Å². The average Bonchev–Trinajstić information content (AvgIpc) is 2.59. The molecular weight excluding hydrogens is 241 g/mol. The van der Waals surface area contributed by atoms with E-state index in [1.165, 1.54) is 24.3 Å². The van der Waals surface area contributed by atoms with Gasteiger partial charge in [-0.2, -0.15) is 0 Å². The fourth-order valence-electron chi connectivity index (χ4n) is 1.69. The van der Waals surface area contributed by atoms with E-state index in [-0.39, 0.29) is 5.69 Å². The van der Waals surface area contributed by atoms with Crippen molar-refractivity contribution in [3.05, 3.63) is 46.0 Å². The summed E-state index contributed by atoms with van der Waals surface area (Å²) in [4.78, 5) is 9.99. The molecule has 0 aliphatic carbocycles. The number of benzene rings is 1. The molecule has 0 amide bonds. The van der Waals surface area contributed by atoms with Crippen LogP contribution in [-0.2, 0) is 4.57 Å². The molecule has 90 valence electrons. The minimum absolute atomic E-state index is 0.00337. The maximum Gasteiger partial charge on any atom is 0.269 e. The largest absolute Gasteiger partial charge is 0.442 e. The Kier molecular flexibility index (Phi) is 3.03. The van der Waals surface area contributed by atoms with Crippen molar-refractivity contribution in [3.8, 4) is 5.75 Å². The van der Waals surface area contributed by atoms with Crippen LogP contribution in [0.25, 0.3) is 0 Å². The second-order valence-electron chi connectivity index (χ2n) is 4.05. The zero-order chi connectivity index (χ0) is 12.5. The Bertz CT molecular complexity index is 521. The summed E-state index contributed by atoms with van der Waals surface area (Å²) in [7, 11) is -2.65.